The fraction of sp³-hybridized carbons (Fsp3) is 0.450. The zero-order valence-corrected chi connectivity index (χ0v) is 15.8. The Hall–Kier alpha value is -2.63. The van der Waals surface area contributed by atoms with Gasteiger partial charge in [-0.05, 0) is 43.5 Å². The lowest BCUT2D eigenvalue weighted by Gasteiger charge is -2.18. The average Bonchev–Trinajstić information content (AvgIpc) is 2.89. The molecular formula is C20H25N3O3. The van der Waals surface area contributed by atoms with Crippen molar-refractivity contribution in [3.8, 4) is 5.75 Å². The molecule has 0 aliphatic heterocycles. The molecule has 0 fully saturated rings. The van der Waals surface area contributed by atoms with Crippen LogP contribution in [-0.2, 0) is 24.7 Å². The van der Waals surface area contributed by atoms with E-state index in [1.807, 2.05) is 33.0 Å². The number of ketones is 1. The number of nitrogens with zero attached hydrogens (tertiary/aromatic N) is 3. The summed E-state index contributed by atoms with van der Waals surface area (Å²) in [5, 5.41) is 4.37. The third kappa shape index (κ3) is 3.79. The number of amides is 1. The SMILES string of the molecule is Cc1cc(C)cc(OCCN(C)C(=O)c2nn(C)c3c2CC(=O)CC3)c1. The molecule has 26 heavy (non-hydrogen) atoms. The van der Waals surface area contributed by atoms with E-state index in [4.69, 9.17) is 4.74 Å². The van der Waals surface area contributed by atoms with Crippen LogP contribution in [0.25, 0.3) is 0 Å². The molecule has 0 N–H and O–H groups in total. The number of fused-ring (bicyclic) bond motifs is 1. The van der Waals surface area contributed by atoms with Crippen molar-refractivity contribution in [3.63, 3.8) is 0 Å². The molecule has 6 heteroatoms. The summed E-state index contributed by atoms with van der Waals surface area (Å²) >= 11 is 0. The highest BCUT2D eigenvalue weighted by Crippen LogP contribution is 2.23. The van der Waals surface area contributed by atoms with Gasteiger partial charge in [0.2, 0.25) is 0 Å². The van der Waals surface area contributed by atoms with Crippen LogP contribution < -0.4 is 4.74 Å². The number of benzene rings is 1. The lowest BCUT2D eigenvalue weighted by atomic mass is 9.94. The maximum Gasteiger partial charge on any atom is 0.274 e. The highest BCUT2D eigenvalue weighted by atomic mass is 16.5. The van der Waals surface area contributed by atoms with E-state index in [0.717, 1.165) is 28.1 Å². The van der Waals surface area contributed by atoms with Crippen LogP contribution in [0.5, 0.6) is 5.75 Å². The summed E-state index contributed by atoms with van der Waals surface area (Å²) in [7, 11) is 3.56. The van der Waals surface area contributed by atoms with Crippen molar-refractivity contribution in [2.45, 2.75) is 33.1 Å². The lowest BCUT2D eigenvalue weighted by Crippen LogP contribution is -2.32. The topological polar surface area (TPSA) is 64.4 Å². The highest BCUT2D eigenvalue weighted by molar-refractivity contribution is 5.96. The zero-order chi connectivity index (χ0) is 18.8. The van der Waals surface area contributed by atoms with Gasteiger partial charge in [-0.3, -0.25) is 14.3 Å². The van der Waals surface area contributed by atoms with Gasteiger partial charge in [0.1, 0.15) is 18.1 Å². The summed E-state index contributed by atoms with van der Waals surface area (Å²) < 4.78 is 7.52. The molecule has 1 aromatic heterocycles. The molecule has 1 heterocycles. The fourth-order valence-corrected chi connectivity index (χ4v) is 3.42. The molecule has 3 rings (SSSR count). The molecule has 0 atom stereocenters. The van der Waals surface area contributed by atoms with E-state index in [1.165, 1.54) is 0 Å². The van der Waals surface area contributed by atoms with Crippen molar-refractivity contribution in [3.05, 3.63) is 46.3 Å². The largest absolute Gasteiger partial charge is 0.492 e. The summed E-state index contributed by atoms with van der Waals surface area (Å²) in [6.07, 6.45) is 1.49. The second-order valence-electron chi connectivity index (χ2n) is 7.01. The van der Waals surface area contributed by atoms with Gasteiger partial charge in [-0.1, -0.05) is 6.07 Å². The van der Waals surface area contributed by atoms with Crippen molar-refractivity contribution in [2.75, 3.05) is 20.2 Å². The molecule has 1 amide bonds. The minimum absolute atomic E-state index is 0.166. The van der Waals surface area contributed by atoms with E-state index in [1.54, 1.807) is 16.6 Å². The predicted octanol–water partition coefficient (Wildman–Crippen LogP) is 2.25. The van der Waals surface area contributed by atoms with Gasteiger partial charge in [-0.15, -0.1) is 0 Å². The molecule has 2 aromatic rings. The number of carbonyl (C=O) groups is 2. The second-order valence-corrected chi connectivity index (χ2v) is 7.01. The Balaban J connectivity index is 1.64. The number of hydrogen-bond donors (Lipinski definition) is 0. The van der Waals surface area contributed by atoms with Gasteiger partial charge in [0.05, 0.1) is 6.54 Å². The van der Waals surface area contributed by atoms with E-state index in [-0.39, 0.29) is 11.7 Å². The summed E-state index contributed by atoms with van der Waals surface area (Å²) in [4.78, 5) is 26.2. The van der Waals surface area contributed by atoms with Crippen molar-refractivity contribution < 1.29 is 14.3 Å². The van der Waals surface area contributed by atoms with Crippen LogP contribution in [0.1, 0.15) is 39.3 Å². The molecule has 0 spiro atoms. The second kappa shape index (κ2) is 7.32. The average molecular weight is 355 g/mol. The Morgan fingerprint density at radius 3 is 2.62 bits per heavy atom. The zero-order valence-electron chi connectivity index (χ0n) is 15.8. The smallest absolute Gasteiger partial charge is 0.274 e. The summed E-state index contributed by atoms with van der Waals surface area (Å²) in [5.41, 5.74) is 4.47. The monoisotopic (exact) mass is 355 g/mol. The fourth-order valence-electron chi connectivity index (χ4n) is 3.42. The number of hydrogen-bond acceptors (Lipinski definition) is 4. The number of Topliss-reactive ketones (excluding diaryl/α,β-unsaturated/α-hetero) is 1. The number of aromatic nitrogens is 2. The van der Waals surface area contributed by atoms with Crippen molar-refractivity contribution >= 4 is 11.7 Å². The van der Waals surface area contributed by atoms with Gasteiger partial charge < -0.3 is 9.64 Å². The van der Waals surface area contributed by atoms with Crippen LogP contribution in [0.3, 0.4) is 0 Å². The molecule has 1 aliphatic rings. The quantitative estimate of drug-likeness (QED) is 0.825. The van der Waals surface area contributed by atoms with Crippen molar-refractivity contribution in [2.24, 2.45) is 7.05 Å². The molecule has 1 aliphatic carbocycles. The molecular weight excluding hydrogens is 330 g/mol. The van der Waals surface area contributed by atoms with Crippen LogP contribution in [0.15, 0.2) is 18.2 Å². The maximum atomic E-state index is 12.8. The molecule has 138 valence electrons. The number of rotatable bonds is 5. The van der Waals surface area contributed by atoms with Gasteiger partial charge in [-0.25, -0.2) is 0 Å². The molecule has 0 unspecified atom stereocenters. The van der Waals surface area contributed by atoms with E-state index in [0.29, 0.717) is 38.1 Å². The van der Waals surface area contributed by atoms with Crippen LogP contribution >= 0.6 is 0 Å². The summed E-state index contributed by atoms with van der Waals surface area (Å²) in [6.45, 7) is 4.91. The Morgan fingerprint density at radius 1 is 1.23 bits per heavy atom. The van der Waals surface area contributed by atoms with Crippen molar-refractivity contribution in [1.29, 1.82) is 0 Å². The molecule has 0 saturated heterocycles. The predicted molar refractivity (Wildman–Crippen MR) is 98.6 cm³/mol. The minimum atomic E-state index is -0.166. The van der Waals surface area contributed by atoms with Gasteiger partial charge >= 0.3 is 0 Å². The summed E-state index contributed by atoms with van der Waals surface area (Å²) in [6, 6.07) is 6.05. The van der Waals surface area contributed by atoms with Crippen molar-refractivity contribution in [1.82, 2.24) is 14.7 Å². The van der Waals surface area contributed by atoms with Crippen LogP contribution in [-0.4, -0.2) is 46.6 Å². The first-order valence-electron chi connectivity index (χ1n) is 8.88. The van der Waals surface area contributed by atoms with Gasteiger partial charge in [0.25, 0.3) is 5.91 Å². The standard InChI is InChI=1S/C20H25N3O3/c1-13-9-14(2)11-16(10-13)26-8-7-22(3)20(25)19-17-12-15(24)5-6-18(17)23(4)21-19/h9-11H,5-8,12H2,1-4H3. The first kappa shape index (κ1) is 18.2. The normalized spacial score (nSPS) is 13.5. The van der Waals surface area contributed by atoms with E-state index < -0.39 is 0 Å². The molecule has 1 aromatic carbocycles. The summed E-state index contributed by atoms with van der Waals surface area (Å²) in [5.74, 6) is 0.810. The maximum absolute atomic E-state index is 12.8. The number of likely N-dealkylation sites (N-methyl/N-ethyl adjacent to an activating group) is 1. The number of aryl methyl sites for hydroxylation is 3. The Labute approximate surface area is 153 Å². The third-order valence-corrected chi connectivity index (χ3v) is 4.73. The van der Waals surface area contributed by atoms with Gasteiger partial charge in [0, 0.05) is 38.2 Å². The third-order valence-electron chi connectivity index (χ3n) is 4.73. The number of carbonyl (C=O) groups excluding carboxylic acids is 2. The van der Waals surface area contributed by atoms with Gasteiger partial charge in [-0.2, -0.15) is 5.10 Å². The molecule has 0 saturated carbocycles. The van der Waals surface area contributed by atoms with Gasteiger partial charge in [0.15, 0.2) is 5.69 Å². The molecule has 0 bridgehead atoms. The Morgan fingerprint density at radius 2 is 1.92 bits per heavy atom. The first-order valence-corrected chi connectivity index (χ1v) is 8.88. The Kier molecular flexibility index (Phi) is 5.11. The van der Waals surface area contributed by atoms with E-state index in [2.05, 4.69) is 11.2 Å². The van der Waals surface area contributed by atoms with E-state index in [9.17, 15) is 9.59 Å². The molecule has 6 nitrogen and oxygen atoms in total. The Bertz CT molecular complexity index is 834. The minimum Gasteiger partial charge on any atom is -0.492 e. The first-order chi connectivity index (χ1) is 12.3. The van der Waals surface area contributed by atoms with Crippen LogP contribution in [0, 0.1) is 13.8 Å². The lowest BCUT2D eigenvalue weighted by molar-refractivity contribution is -0.118. The highest BCUT2D eigenvalue weighted by Gasteiger charge is 2.28. The number of ether oxygens (including phenoxy) is 1. The van der Waals surface area contributed by atoms with Crippen LogP contribution in [0.4, 0.5) is 0 Å². The van der Waals surface area contributed by atoms with E-state index >= 15 is 0 Å². The molecule has 0 radical (unpaired) electrons. The van der Waals surface area contributed by atoms with Crippen LogP contribution in [0.2, 0.25) is 0 Å².